The number of likely N-dealkylation sites (tertiary alicyclic amines) is 1. The fourth-order valence-electron chi connectivity index (χ4n) is 2.42. The fraction of sp³-hybridized carbons (Fsp3) is 0.692. The van der Waals surface area contributed by atoms with Gasteiger partial charge in [0.25, 0.3) is 5.56 Å². The Balaban J connectivity index is 1.81. The number of nitrogens with zero attached hydrogens (tertiary/aromatic N) is 2. The number of hydrogen-bond acceptors (Lipinski definition) is 4. The minimum Gasteiger partial charge on any atom is -0.369 e. The lowest BCUT2D eigenvalue weighted by molar-refractivity contribution is 0.204. The number of aromatic amines is 1. The van der Waals surface area contributed by atoms with Gasteiger partial charge in [0.2, 0.25) is 0 Å². The van der Waals surface area contributed by atoms with Crippen molar-refractivity contribution in [2.24, 2.45) is 5.92 Å². The number of hydrogen-bond donors (Lipinski definition) is 2. The first kappa shape index (κ1) is 14.5. The van der Waals surface area contributed by atoms with Crippen molar-refractivity contribution < 1.29 is 0 Å². The van der Waals surface area contributed by atoms with Gasteiger partial charge in [0.15, 0.2) is 0 Å². The highest BCUT2D eigenvalue weighted by atomic mass is 79.9. The van der Waals surface area contributed by atoms with Crippen LogP contribution in [0.5, 0.6) is 0 Å². The number of anilines is 1. The van der Waals surface area contributed by atoms with E-state index in [0.29, 0.717) is 16.2 Å². The maximum atomic E-state index is 11.4. The van der Waals surface area contributed by atoms with Crippen molar-refractivity contribution in [2.75, 3.05) is 31.5 Å². The topological polar surface area (TPSA) is 61.0 Å². The molecule has 0 saturated carbocycles. The third-order valence-electron chi connectivity index (χ3n) is 3.43. The van der Waals surface area contributed by atoms with E-state index in [4.69, 9.17) is 0 Å². The maximum Gasteiger partial charge on any atom is 0.267 e. The Morgan fingerprint density at radius 3 is 2.95 bits per heavy atom. The SMILES string of the molecule is CC(CNc1nc[nH]c(=O)c1Br)CN1CCCCC1. The fourth-order valence-corrected chi connectivity index (χ4v) is 2.78. The average molecular weight is 329 g/mol. The molecule has 1 atom stereocenters. The van der Waals surface area contributed by atoms with Crippen molar-refractivity contribution in [1.29, 1.82) is 0 Å². The van der Waals surface area contributed by atoms with E-state index in [9.17, 15) is 4.79 Å². The van der Waals surface area contributed by atoms with Gasteiger partial charge in [-0.1, -0.05) is 13.3 Å². The van der Waals surface area contributed by atoms with Gasteiger partial charge in [-0.3, -0.25) is 4.79 Å². The predicted molar refractivity (Wildman–Crippen MR) is 80.5 cm³/mol. The summed E-state index contributed by atoms with van der Waals surface area (Å²) < 4.78 is 0.472. The van der Waals surface area contributed by atoms with E-state index in [2.05, 4.69) is 43.0 Å². The highest BCUT2D eigenvalue weighted by Crippen LogP contribution is 2.15. The molecular weight excluding hydrogens is 308 g/mol. The monoisotopic (exact) mass is 328 g/mol. The minimum absolute atomic E-state index is 0.152. The van der Waals surface area contributed by atoms with Gasteiger partial charge < -0.3 is 15.2 Å². The maximum absolute atomic E-state index is 11.4. The summed E-state index contributed by atoms with van der Waals surface area (Å²) in [5.41, 5.74) is -0.152. The van der Waals surface area contributed by atoms with Gasteiger partial charge in [-0.2, -0.15) is 0 Å². The lowest BCUT2D eigenvalue weighted by Crippen LogP contribution is -2.35. The molecule has 0 bridgehead atoms. The standard InChI is InChI=1S/C13H21BrN4O/c1-10(8-18-5-3-2-4-6-18)7-15-12-11(14)13(19)17-9-16-12/h9-10H,2-8H2,1H3,(H2,15,16,17,19). The molecule has 1 fully saturated rings. The van der Waals surface area contributed by atoms with Crippen LogP contribution in [0.1, 0.15) is 26.2 Å². The Kier molecular flexibility index (Phi) is 5.39. The third kappa shape index (κ3) is 4.31. The predicted octanol–water partition coefficient (Wildman–Crippen LogP) is 2.07. The molecule has 0 spiro atoms. The van der Waals surface area contributed by atoms with E-state index < -0.39 is 0 Å². The van der Waals surface area contributed by atoms with E-state index in [0.717, 1.165) is 13.1 Å². The molecule has 5 nitrogen and oxygen atoms in total. The molecule has 0 aromatic carbocycles. The van der Waals surface area contributed by atoms with Gasteiger partial charge in [0, 0.05) is 13.1 Å². The number of aromatic nitrogens is 2. The molecule has 1 unspecified atom stereocenters. The zero-order valence-corrected chi connectivity index (χ0v) is 12.9. The molecule has 106 valence electrons. The van der Waals surface area contributed by atoms with Gasteiger partial charge in [0.05, 0.1) is 6.33 Å². The van der Waals surface area contributed by atoms with E-state index >= 15 is 0 Å². The summed E-state index contributed by atoms with van der Waals surface area (Å²) in [6, 6.07) is 0. The summed E-state index contributed by atoms with van der Waals surface area (Å²) in [7, 11) is 0. The van der Waals surface area contributed by atoms with Crippen molar-refractivity contribution in [3.8, 4) is 0 Å². The molecule has 1 aliphatic heterocycles. The van der Waals surface area contributed by atoms with Crippen LogP contribution in [0.2, 0.25) is 0 Å². The molecule has 0 amide bonds. The zero-order chi connectivity index (χ0) is 13.7. The van der Waals surface area contributed by atoms with E-state index in [1.807, 2.05) is 0 Å². The molecule has 1 aromatic heterocycles. The average Bonchev–Trinajstić information content (AvgIpc) is 2.42. The molecule has 19 heavy (non-hydrogen) atoms. The van der Waals surface area contributed by atoms with Crippen LogP contribution in [0, 0.1) is 5.92 Å². The first-order chi connectivity index (χ1) is 9.16. The quantitative estimate of drug-likeness (QED) is 0.868. The van der Waals surface area contributed by atoms with Crippen molar-refractivity contribution in [1.82, 2.24) is 14.9 Å². The van der Waals surface area contributed by atoms with Gasteiger partial charge in [-0.15, -0.1) is 0 Å². The van der Waals surface area contributed by atoms with Crippen LogP contribution in [-0.2, 0) is 0 Å². The number of halogens is 1. The van der Waals surface area contributed by atoms with Gasteiger partial charge in [0.1, 0.15) is 10.3 Å². The second kappa shape index (κ2) is 7.05. The van der Waals surface area contributed by atoms with Gasteiger partial charge in [-0.25, -0.2) is 4.98 Å². The summed E-state index contributed by atoms with van der Waals surface area (Å²) in [6.07, 6.45) is 5.43. The summed E-state index contributed by atoms with van der Waals surface area (Å²) in [5.74, 6) is 1.15. The third-order valence-corrected chi connectivity index (χ3v) is 4.17. The molecule has 0 aliphatic carbocycles. The van der Waals surface area contributed by atoms with Crippen LogP contribution in [0.4, 0.5) is 5.82 Å². The molecule has 0 radical (unpaired) electrons. The van der Waals surface area contributed by atoms with Crippen LogP contribution in [0.3, 0.4) is 0 Å². The van der Waals surface area contributed by atoms with Crippen LogP contribution < -0.4 is 10.9 Å². The lowest BCUT2D eigenvalue weighted by atomic mass is 10.1. The molecule has 2 rings (SSSR count). The summed E-state index contributed by atoms with van der Waals surface area (Å²) in [6.45, 7) is 6.59. The van der Waals surface area contributed by atoms with Crippen molar-refractivity contribution in [3.63, 3.8) is 0 Å². The van der Waals surface area contributed by atoms with Crippen molar-refractivity contribution >= 4 is 21.7 Å². The molecule has 1 saturated heterocycles. The number of rotatable bonds is 5. The van der Waals surface area contributed by atoms with Crippen molar-refractivity contribution in [2.45, 2.75) is 26.2 Å². The molecule has 2 N–H and O–H groups in total. The van der Waals surface area contributed by atoms with Gasteiger partial charge in [-0.05, 0) is 47.8 Å². The van der Waals surface area contributed by atoms with Crippen LogP contribution >= 0.6 is 15.9 Å². The second-order valence-electron chi connectivity index (χ2n) is 5.24. The Hall–Kier alpha value is -0.880. The Labute approximate surface area is 121 Å². The Morgan fingerprint density at radius 1 is 1.47 bits per heavy atom. The highest BCUT2D eigenvalue weighted by molar-refractivity contribution is 9.10. The normalized spacial score (nSPS) is 18.2. The molecular formula is C13H21BrN4O. The molecule has 1 aromatic rings. The minimum atomic E-state index is -0.152. The first-order valence-electron chi connectivity index (χ1n) is 6.86. The zero-order valence-electron chi connectivity index (χ0n) is 11.3. The molecule has 2 heterocycles. The smallest absolute Gasteiger partial charge is 0.267 e. The molecule has 6 heteroatoms. The van der Waals surface area contributed by atoms with Crippen LogP contribution in [0.15, 0.2) is 15.6 Å². The summed E-state index contributed by atoms with van der Waals surface area (Å²) in [4.78, 5) is 20.6. The Bertz CT molecular complexity index is 456. The van der Waals surface area contributed by atoms with E-state index in [1.165, 1.54) is 38.7 Å². The summed E-state index contributed by atoms with van der Waals surface area (Å²) >= 11 is 3.25. The second-order valence-corrected chi connectivity index (χ2v) is 6.03. The number of nitrogens with one attached hydrogen (secondary N) is 2. The lowest BCUT2D eigenvalue weighted by Gasteiger charge is -2.29. The van der Waals surface area contributed by atoms with E-state index in [-0.39, 0.29) is 5.56 Å². The highest BCUT2D eigenvalue weighted by Gasteiger charge is 2.14. The number of piperidine rings is 1. The largest absolute Gasteiger partial charge is 0.369 e. The first-order valence-corrected chi connectivity index (χ1v) is 7.65. The van der Waals surface area contributed by atoms with Crippen molar-refractivity contribution in [3.05, 3.63) is 21.2 Å². The van der Waals surface area contributed by atoms with Crippen LogP contribution in [-0.4, -0.2) is 41.0 Å². The Morgan fingerprint density at radius 2 is 2.21 bits per heavy atom. The van der Waals surface area contributed by atoms with E-state index in [1.54, 1.807) is 0 Å². The summed E-state index contributed by atoms with van der Waals surface area (Å²) in [5, 5.41) is 3.24. The van der Waals surface area contributed by atoms with Gasteiger partial charge >= 0.3 is 0 Å². The van der Waals surface area contributed by atoms with Crippen LogP contribution in [0.25, 0.3) is 0 Å². The molecule has 1 aliphatic rings. The number of H-pyrrole nitrogens is 1.